The molecule has 2 aliphatic rings. The van der Waals surface area contributed by atoms with Gasteiger partial charge in [0.1, 0.15) is 16.4 Å². The first-order valence-electron chi connectivity index (χ1n) is 13.3. The van der Waals surface area contributed by atoms with Crippen LogP contribution >= 0.6 is 0 Å². The first-order valence-corrected chi connectivity index (χ1v) is 16.3. The van der Waals surface area contributed by atoms with Crippen LogP contribution < -0.4 is 19.1 Å². The van der Waals surface area contributed by atoms with E-state index in [1.807, 2.05) is 18.2 Å². The van der Waals surface area contributed by atoms with Crippen molar-refractivity contribution < 1.29 is 26.3 Å². The van der Waals surface area contributed by atoms with Gasteiger partial charge in [0, 0.05) is 31.2 Å². The number of nitrogens with one attached hydrogen (secondary N) is 1. The molecule has 0 saturated carbocycles. The highest BCUT2D eigenvalue weighted by molar-refractivity contribution is 7.93. The first kappa shape index (κ1) is 28.7. The van der Waals surface area contributed by atoms with E-state index in [-0.39, 0.29) is 22.8 Å². The fourth-order valence-electron chi connectivity index (χ4n) is 5.36. The van der Waals surface area contributed by atoms with Crippen molar-refractivity contribution in [1.29, 1.82) is 0 Å². The van der Waals surface area contributed by atoms with Crippen LogP contribution in [0.3, 0.4) is 0 Å². The maximum absolute atomic E-state index is 14.1. The van der Waals surface area contributed by atoms with Gasteiger partial charge < -0.3 is 14.8 Å². The highest BCUT2D eigenvalue weighted by atomic mass is 32.2. The number of sulfonamides is 2. The summed E-state index contributed by atoms with van der Waals surface area (Å²) in [4.78, 5) is 0.0204. The summed E-state index contributed by atoms with van der Waals surface area (Å²) in [5, 5.41) is 3.48. The number of rotatable bonds is 11. The van der Waals surface area contributed by atoms with E-state index in [1.54, 1.807) is 22.5 Å². The van der Waals surface area contributed by atoms with E-state index in [2.05, 4.69) is 12.2 Å². The van der Waals surface area contributed by atoms with E-state index in [0.29, 0.717) is 43.4 Å². The Labute approximate surface area is 227 Å². The third-order valence-electron chi connectivity index (χ3n) is 7.45. The Bertz CT molecular complexity index is 1310. The molecule has 0 bridgehead atoms. The number of anilines is 1. The zero-order chi connectivity index (χ0) is 27.3. The number of para-hydroxylation sites is 1. The molecule has 38 heavy (non-hydrogen) atoms. The molecule has 1 atom stereocenters. The van der Waals surface area contributed by atoms with Crippen molar-refractivity contribution in [2.45, 2.75) is 62.4 Å². The van der Waals surface area contributed by atoms with Gasteiger partial charge in [-0.3, -0.25) is 4.31 Å². The maximum Gasteiger partial charge on any atom is 0.268 e. The molecule has 2 aliphatic heterocycles. The van der Waals surface area contributed by atoms with Gasteiger partial charge in [-0.15, -0.1) is 0 Å². The van der Waals surface area contributed by atoms with E-state index >= 15 is 0 Å². The molecule has 210 valence electrons. The topological polar surface area (TPSA) is 105 Å². The van der Waals surface area contributed by atoms with Gasteiger partial charge in [0.15, 0.2) is 0 Å². The van der Waals surface area contributed by atoms with Crippen LogP contribution in [0.5, 0.6) is 11.5 Å². The van der Waals surface area contributed by atoms with Gasteiger partial charge in [-0.1, -0.05) is 25.1 Å². The van der Waals surface area contributed by atoms with Crippen LogP contribution in [-0.4, -0.2) is 72.8 Å². The van der Waals surface area contributed by atoms with Crippen LogP contribution in [0, 0.1) is 0 Å². The van der Waals surface area contributed by atoms with Crippen LogP contribution in [0.25, 0.3) is 0 Å². The van der Waals surface area contributed by atoms with Crippen LogP contribution in [0.2, 0.25) is 0 Å². The highest BCUT2D eigenvalue weighted by Crippen LogP contribution is 2.39. The lowest BCUT2D eigenvalue weighted by Crippen LogP contribution is -2.47. The molecule has 11 heteroatoms. The van der Waals surface area contributed by atoms with Gasteiger partial charge in [0.05, 0.1) is 25.7 Å². The number of ether oxygens (including phenoxy) is 2. The number of piperidine rings is 1. The molecule has 0 radical (unpaired) electrons. The van der Waals surface area contributed by atoms with Gasteiger partial charge in [0.25, 0.3) is 10.0 Å². The van der Waals surface area contributed by atoms with Gasteiger partial charge in [-0.2, -0.15) is 0 Å². The second-order valence-electron chi connectivity index (χ2n) is 9.87. The molecule has 0 aliphatic carbocycles. The Balaban J connectivity index is 1.57. The third-order valence-corrected chi connectivity index (χ3v) is 11.3. The summed E-state index contributed by atoms with van der Waals surface area (Å²) in [6.45, 7) is 4.03. The van der Waals surface area contributed by atoms with Crippen LogP contribution in [0.1, 0.15) is 44.6 Å². The normalized spacial score (nSPS) is 19.2. The Kier molecular flexibility index (Phi) is 9.23. The molecule has 2 aromatic carbocycles. The summed E-state index contributed by atoms with van der Waals surface area (Å²) in [6.07, 6.45) is 4.04. The van der Waals surface area contributed by atoms with Crippen molar-refractivity contribution in [2.24, 2.45) is 0 Å². The number of hydrogen-bond donors (Lipinski definition) is 1. The van der Waals surface area contributed by atoms with Crippen molar-refractivity contribution in [3.8, 4) is 11.5 Å². The molecule has 1 unspecified atom stereocenters. The summed E-state index contributed by atoms with van der Waals surface area (Å²) in [5.41, 5.74) is 1.51. The number of nitrogens with zero attached hydrogens (tertiary/aromatic N) is 2. The number of benzene rings is 2. The smallest absolute Gasteiger partial charge is 0.268 e. The number of methoxy groups -OCH3 is 2. The minimum absolute atomic E-state index is 0.0204. The van der Waals surface area contributed by atoms with E-state index in [0.717, 1.165) is 31.4 Å². The van der Waals surface area contributed by atoms with Gasteiger partial charge >= 0.3 is 0 Å². The van der Waals surface area contributed by atoms with Gasteiger partial charge in [-0.25, -0.2) is 21.1 Å². The van der Waals surface area contributed by atoms with E-state index in [1.165, 1.54) is 24.6 Å². The molecule has 9 nitrogen and oxygen atoms in total. The average Bonchev–Trinajstić information content (AvgIpc) is 2.94. The molecule has 2 aromatic rings. The summed E-state index contributed by atoms with van der Waals surface area (Å²) < 4.78 is 68.5. The standard InChI is InChI=1S/C27H39N3O6S2/c1-4-16-28-22-13-17-29(18-14-22)37(31,32)19-15-23-10-9-21-7-5-6-8-25(21)30(23)38(33,34)27-12-11-24(35-2)20-26(27)36-3/h5-8,11-12,20,22-23,28H,4,9-10,13-19H2,1-3H3. The molecular formula is C27H39N3O6S2. The fraction of sp³-hybridized carbons (Fsp3) is 0.556. The van der Waals surface area contributed by atoms with Crippen molar-refractivity contribution in [2.75, 3.05) is 43.9 Å². The zero-order valence-corrected chi connectivity index (χ0v) is 24.1. The summed E-state index contributed by atoms with van der Waals surface area (Å²) >= 11 is 0. The Morgan fingerprint density at radius 2 is 1.71 bits per heavy atom. The quantitative estimate of drug-likeness (QED) is 0.445. The fourth-order valence-corrected chi connectivity index (χ4v) is 8.84. The molecular weight excluding hydrogens is 526 g/mol. The average molecular weight is 566 g/mol. The van der Waals surface area contributed by atoms with Gasteiger partial charge in [-0.05, 0) is 68.8 Å². The van der Waals surface area contributed by atoms with Crippen molar-refractivity contribution in [3.05, 3.63) is 48.0 Å². The second kappa shape index (κ2) is 12.2. The first-order chi connectivity index (χ1) is 18.2. The Morgan fingerprint density at radius 1 is 0.974 bits per heavy atom. The summed E-state index contributed by atoms with van der Waals surface area (Å²) in [5.74, 6) is 0.563. The van der Waals surface area contributed by atoms with Crippen molar-refractivity contribution in [1.82, 2.24) is 9.62 Å². The summed E-state index contributed by atoms with van der Waals surface area (Å²) in [6, 6.07) is 11.9. The minimum Gasteiger partial charge on any atom is -0.497 e. The predicted molar refractivity (Wildman–Crippen MR) is 149 cm³/mol. The Hall–Kier alpha value is -2.34. The lowest BCUT2D eigenvalue weighted by Gasteiger charge is -2.38. The highest BCUT2D eigenvalue weighted by Gasteiger charge is 2.39. The summed E-state index contributed by atoms with van der Waals surface area (Å²) in [7, 11) is -4.66. The molecule has 0 amide bonds. The van der Waals surface area contributed by atoms with Crippen LogP contribution in [-0.2, 0) is 26.5 Å². The molecule has 0 aromatic heterocycles. The lowest BCUT2D eigenvalue weighted by molar-refractivity contribution is 0.289. The van der Waals surface area contributed by atoms with Crippen LogP contribution in [0.4, 0.5) is 5.69 Å². The molecule has 1 fully saturated rings. The second-order valence-corrected chi connectivity index (χ2v) is 13.7. The van der Waals surface area contributed by atoms with E-state index < -0.39 is 26.1 Å². The molecule has 0 spiro atoms. The number of fused-ring (bicyclic) bond motifs is 1. The van der Waals surface area contributed by atoms with Crippen LogP contribution in [0.15, 0.2) is 47.4 Å². The molecule has 2 heterocycles. The number of hydrogen-bond acceptors (Lipinski definition) is 7. The monoisotopic (exact) mass is 565 g/mol. The van der Waals surface area contributed by atoms with E-state index in [4.69, 9.17) is 9.47 Å². The van der Waals surface area contributed by atoms with E-state index in [9.17, 15) is 16.8 Å². The van der Waals surface area contributed by atoms with Crippen molar-refractivity contribution in [3.63, 3.8) is 0 Å². The Morgan fingerprint density at radius 3 is 2.39 bits per heavy atom. The molecule has 1 N–H and O–H groups in total. The number of aryl methyl sites for hydroxylation is 1. The molecule has 1 saturated heterocycles. The third kappa shape index (κ3) is 6.11. The SMILES string of the molecule is CCCNC1CCN(S(=O)(=O)CCC2CCc3ccccc3N2S(=O)(=O)c2ccc(OC)cc2OC)CC1. The predicted octanol–water partition coefficient (Wildman–Crippen LogP) is 3.40. The van der Waals surface area contributed by atoms with Crippen molar-refractivity contribution >= 4 is 25.7 Å². The largest absolute Gasteiger partial charge is 0.497 e. The minimum atomic E-state index is -4.06. The van der Waals surface area contributed by atoms with Gasteiger partial charge in [0.2, 0.25) is 10.0 Å². The zero-order valence-electron chi connectivity index (χ0n) is 22.4. The lowest BCUT2D eigenvalue weighted by atomic mass is 9.97. The maximum atomic E-state index is 14.1. The molecule has 4 rings (SSSR count).